The number of carbonyl (C=O) groups excluding carboxylic acids is 1. The van der Waals surface area contributed by atoms with Crippen LogP contribution in [-0.4, -0.2) is 35.1 Å². The van der Waals surface area contributed by atoms with Gasteiger partial charge in [0.25, 0.3) is 5.91 Å². The number of nitrogens with one attached hydrogen (secondary N) is 1. The highest BCUT2D eigenvalue weighted by atomic mass is 16.1. The Morgan fingerprint density at radius 1 is 1.38 bits per heavy atom. The number of benzene rings is 1. The van der Waals surface area contributed by atoms with Crippen molar-refractivity contribution in [2.24, 2.45) is 11.5 Å². The summed E-state index contributed by atoms with van der Waals surface area (Å²) in [4.78, 5) is 16.4. The fraction of sp³-hybridized carbons (Fsp3) is 0.467. The summed E-state index contributed by atoms with van der Waals surface area (Å²) < 4.78 is 2.15. The van der Waals surface area contributed by atoms with Crippen molar-refractivity contribution < 1.29 is 4.79 Å². The molecule has 0 unspecified atom stereocenters. The predicted octanol–water partition coefficient (Wildman–Crippen LogP) is 0.561. The molecule has 6 nitrogen and oxygen atoms in total. The average molecular weight is 287 g/mol. The van der Waals surface area contributed by atoms with Gasteiger partial charge in [0.05, 0.1) is 11.1 Å². The van der Waals surface area contributed by atoms with E-state index in [1.165, 1.54) is 0 Å². The van der Waals surface area contributed by atoms with Crippen molar-refractivity contribution >= 4 is 16.9 Å². The van der Waals surface area contributed by atoms with Crippen molar-refractivity contribution in [1.29, 1.82) is 0 Å². The molecule has 0 bridgehead atoms. The van der Waals surface area contributed by atoms with Crippen molar-refractivity contribution in [3.63, 3.8) is 0 Å². The number of imidazole rings is 1. The van der Waals surface area contributed by atoms with Gasteiger partial charge in [0.1, 0.15) is 11.3 Å². The van der Waals surface area contributed by atoms with Crippen LogP contribution in [0.2, 0.25) is 0 Å². The van der Waals surface area contributed by atoms with E-state index in [1.807, 2.05) is 12.1 Å². The Bertz CT molecular complexity index is 657. The number of fused-ring (bicyclic) bond motifs is 1. The third kappa shape index (κ3) is 2.52. The van der Waals surface area contributed by atoms with Crippen LogP contribution in [0.4, 0.5) is 0 Å². The number of piperidine rings is 1. The van der Waals surface area contributed by atoms with Crippen LogP contribution in [0, 0.1) is 0 Å². The van der Waals surface area contributed by atoms with E-state index in [-0.39, 0.29) is 0 Å². The molecule has 112 valence electrons. The number of hydrogen-bond acceptors (Lipinski definition) is 4. The summed E-state index contributed by atoms with van der Waals surface area (Å²) in [5.41, 5.74) is 13.4. The second-order valence-electron chi connectivity index (χ2n) is 5.47. The zero-order chi connectivity index (χ0) is 14.8. The first-order chi connectivity index (χ1) is 10.2. The van der Waals surface area contributed by atoms with Gasteiger partial charge in [0, 0.05) is 19.0 Å². The van der Waals surface area contributed by atoms with Crippen LogP contribution in [-0.2, 0) is 6.54 Å². The molecule has 6 heteroatoms. The van der Waals surface area contributed by atoms with Crippen LogP contribution in [0.1, 0.15) is 34.9 Å². The van der Waals surface area contributed by atoms with E-state index in [2.05, 4.69) is 9.88 Å². The maximum atomic E-state index is 11.6. The zero-order valence-corrected chi connectivity index (χ0v) is 12.0. The molecule has 1 saturated heterocycles. The molecule has 5 N–H and O–H groups in total. The molecule has 3 rings (SSSR count). The highest BCUT2D eigenvalue weighted by molar-refractivity contribution is 6.04. The number of primary amides is 1. The molecule has 1 aliphatic heterocycles. The van der Waals surface area contributed by atoms with Gasteiger partial charge >= 0.3 is 0 Å². The molecule has 0 atom stereocenters. The van der Waals surface area contributed by atoms with Gasteiger partial charge in [-0.3, -0.25) is 4.79 Å². The number of aromatic nitrogens is 2. The quantitative estimate of drug-likeness (QED) is 0.765. The molecule has 0 aliphatic carbocycles. The van der Waals surface area contributed by atoms with Gasteiger partial charge in [0.2, 0.25) is 0 Å². The molecule has 0 saturated carbocycles. The smallest absolute Gasteiger partial charge is 0.250 e. The Morgan fingerprint density at radius 2 is 2.14 bits per heavy atom. The van der Waals surface area contributed by atoms with E-state index in [9.17, 15) is 4.79 Å². The van der Waals surface area contributed by atoms with Crippen LogP contribution in [0.25, 0.3) is 11.0 Å². The molecule has 1 fully saturated rings. The van der Waals surface area contributed by atoms with E-state index in [0.29, 0.717) is 30.1 Å². The minimum absolute atomic E-state index is 0.408. The Labute approximate surface area is 123 Å². The molecule has 1 amide bonds. The van der Waals surface area contributed by atoms with Gasteiger partial charge in [-0.05, 0) is 38.1 Å². The molecule has 2 aromatic rings. The summed E-state index contributed by atoms with van der Waals surface area (Å²) in [5.74, 6) is 1.01. The number of hydrogen-bond donors (Lipinski definition) is 3. The van der Waals surface area contributed by atoms with Gasteiger partial charge < -0.3 is 21.4 Å². The standard InChI is InChI=1S/C15H21N5O/c16-6-9-20-12-3-1-2-11(14(17)21)13(12)19-15(20)10-4-7-18-8-5-10/h1-3,10,18H,4-9,16H2,(H2,17,21). The van der Waals surface area contributed by atoms with E-state index >= 15 is 0 Å². The van der Waals surface area contributed by atoms with Crippen molar-refractivity contribution in [3.05, 3.63) is 29.6 Å². The van der Waals surface area contributed by atoms with Gasteiger partial charge in [-0.2, -0.15) is 0 Å². The topological polar surface area (TPSA) is 99.0 Å². The van der Waals surface area contributed by atoms with Gasteiger partial charge in [-0.1, -0.05) is 6.07 Å². The van der Waals surface area contributed by atoms with E-state index in [1.54, 1.807) is 6.07 Å². The molecule has 1 aliphatic rings. The summed E-state index contributed by atoms with van der Waals surface area (Å²) in [6, 6.07) is 5.56. The average Bonchev–Trinajstić information content (AvgIpc) is 2.87. The van der Waals surface area contributed by atoms with Crippen molar-refractivity contribution in [3.8, 4) is 0 Å². The summed E-state index contributed by atoms with van der Waals surface area (Å²) in [5, 5.41) is 3.36. The molecule has 1 aromatic carbocycles. The van der Waals surface area contributed by atoms with Crippen LogP contribution in [0.5, 0.6) is 0 Å². The van der Waals surface area contributed by atoms with Crippen molar-refractivity contribution in [1.82, 2.24) is 14.9 Å². The second-order valence-corrected chi connectivity index (χ2v) is 5.47. The van der Waals surface area contributed by atoms with E-state index < -0.39 is 5.91 Å². The SMILES string of the molecule is NCCn1c(C2CCNCC2)nc2c(C(N)=O)cccc21. The predicted molar refractivity (Wildman–Crippen MR) is 82.2 cm³/mol. The third-order valence-corrected chi connectivity index (χ3v) is 4.13. The van der Waals surface area contributed by atoms with E-state index in [0.717, 1.165) is 37.3 Å². The fourth-order valence-electron chi connectivity index (χ4n) is 3.12. The number of carbonyl (C=O) groups is 1. The number of para-hydroxylation sites is 1. The molecule has 2 heterocycles. The van der Waals surface area contributed by atoms with E-state index in [4.69, 9.17) is 16.5 Å². The van der Waals surface area contributed by atoms with Gasteiger partial charge in [-0.25, -0.2) is 4.98 Å². The molecular weight excluding hydrogens is 266 g/mol. The fourth-order valence-corrected chi connectivity index (χ4v) is 3.12. The molecule has 21 heavy (non-hydrogen) atoms. The zero-order valence-electron chi connectivity index (χ0n) is 12.0. The molecule has 1 aromatic heterocycles. The van der Waals surface area contributed by atoms with Crippen molar-refractivity contribution in [2.45, 2.75) is 25.3 Å². The normalized spacial score (nSPS) is 16.4. The van der Waals surface area contributed by atoms with Crippen LogP contribution in [0.15, 0.2) is 18.2 Å². The molecular formula is C15H21N5O. The minimum Gasteiger partial charge on any atom is -0.366 e. The monoisotopic (exact) mass is 287 g/mol. The lowest BCUT2D eigenvalue weighted by Crippen LogP contribution is -2.28. The molecule has 0 radical (unpaired) electrons. The summed E-state index contributed by atoms with van der Waals surface area (Å²) in [6.07, 6.45) is 2.11. The lowest BCUT2D eigenvalue weighted by atomic mass is 9.97. The summed E-state index contributed by atoms with van der Waals surface area (Å²) >= 11 is 0. The number of nitrogens with zero attached hydrogens (tertiary/aromatic N) is 2. The molecule has 0 spiro atoms. The first-order valence-electron chi connectivity index (χ1n) is 7.42. The number of nitrogens with two attached hydrogens (primary N) is 2. The first kappa shape index (κ1) is 14.0. The van der Waals surface area contributed by atoms with Crippen LogP contribution in [0.3, 0.4) is 0 Å². The lowest BCUT2D eigenvalue weighted by Gasteiger charge is -2.23. The first-order valence-corrected chi connectivity index (χ1v) is 7.42. The minimum atomic E-state index is -0.435. The number of rotatable bonds is 4. The van der Waals surface area contributed by atoms with Crippen molar-refractivity contribution in [2.75, 3.05) is 19.6 Å². The Kier molecular flexibility index (Phi) is 3.90. The Balaban J connectivity index is 2.15. The highest BCUT2D eigenvalue weighted by Gasteiger charge is 2.23. The number of amides is 1. The summed E-state index contributed by atoms with van der Waals surface area (Å²) in [7, 11) is 0. The van der Waals surface area contributed by atoms with Crippen LogP contribution < -0.4 is 16.8 Å². The largest absolute Gasteiger partial charge is 0.366 e. The second kappa shape index (κ2) is 5.83. The summed E-state index contributed by atoms with van der Waals surface area (Å²) in [6.45, 7) is 3.25. The van der Waals surface area contributed by atoms with Gasteiger partial charge in [0.15, 0.2) is 0 Å². The Hall–Kier alpha value is -1.92. The van der Waals surface area contributed by atoms with Crippen LogP contribution >= 0.6 is 0 Å². The van der Waals surface area contributed by atoms with Gasteiger partial charge in [-0.15, -0.1) is 0 Å². The maximum Gasteiger partial charge on any atom is 0.250 e. The third-order valence-electron chi connectivity index (χ3n) is 4.13. The lowest BCUT2D eigenvalue weighted by molar-refractivity contribution is 0.100. The highest BCUT2D eigenvalue weighted by Crippen LogP contribution is 2.29. The maximum absolute atomic E-state index is 11.6. The Morgan fingerprint density at radius 3 is 2.81 bits per heavy atom.